The van der Waals surface area contributed by atoms with Crippen LogP contribution in [0.25, 0.3) is 0 Å². The fraction of sp³-hybridized carbons (Fsp3) is 0.300. The number of carbonyl (C=O) groups is 2. The predicted molar refractivity (Wildman–Crippen MR) is 151 cm³/mol. The maximum absolute atomic E-state index is 14.2. The molecule has 5 rings (SSSR count). The van der Waals surface area contributed by atoms with Gasteiger partial charge in [0, 0.05) is 40.0 Å². The molecule has 1 aliphatic heterocycles. The summed E-state index contributed by atoms with van der Waals surface area (Å²) in [5, 5.41) is 17.1. The number of nitrogens with one attached hydrogen (secondary N) is 1. The summed E-state index contributed by atoms with van der Waals surface area (Å²) in [4.78, 5) is 32.6. The molecule has 1 aliphatic carbocycles. The second-order valence-corrected chi connectivity index (χ2v) is 10.9. The molecule has 8 nitrogen and oxygen atoms in total. The third kappa shape index (κ3) is 5.43. The van der Waals surface area contributed by atoms with E-state index in [0.717, 1.165) is 24.1 Å². The second-order valence-electron chi connectivity index (χ2n) is 10.5. The maximum atomic E-state index is 14.2. The molecule has 1 atom stereocenters. The molecule has 1 fully saturated rings. The largest absolute Gasteiger partial charge is 0.497 e. The maximum Gasteiger partial charge on any atom is 0.350 e. The molecule has 1 amide bonds. The molecular formula is C30H30ClN3O5. The zero-order valence-electron chi connectivity index (χ0n) is 22.0. The highest BCUT2D eigenvalue weighted by molar-refractivity contribution is 6.30. The molecule has 39 heavy (non-hydrogen) atoms. The van der Waals surface area contributed by atoms with Crippen LogP contribution in [0.4, 0.5) is 11.4 Å². The Morgan fingerprint density at radius 1 is 1.13 bits per heavy atom. The lowest BCUT2D eigenvalue weighted by atomic mass is 9.99. The van der Waals surface area contributed by atoms with Gasteiger partial charge in [0.15, 0.2) is 0 Å². The Kier molecular flexibility index (Phi) is 6.99. The summed E-state index contributed by atoms with van der Waals surface area (Å²) >= 11 is 6.16. The Labute approximate surface area is 232 Å². The van der Waals surface area contributed by atoms with Crippen LogP contribution in [-0.4, -0.2) is 42.5 Å². The SMILES string of the molecule is COc1cc(C=NOC(C)(C)C(=O)O)cc(NC(C(=O)N2CC3(CC3)c3ccccc32)c2ccc(Cl)cc2)c1. The number of hydrogen-bond acceptors (Lipinski definition) is 6. The average Bonchev–Trinajstić information content (AvgIpc) is 3.63. The molecule has 2 N–H and O–H groups in total. The fourth-order valence-electron chi connectivity index (χ4n) is 4.83. The summed E-state index contributed by atoms with van der Waals surface area (Å²) in [5.41, 5.74) is 2.75. The van der Waals surface area contributed by atoms with E-state index in [0.29, 0.717) is 28.6 Å². The van der Waals surface area contributed by atoms with Gasteiger partial charge in [-0.1, -0.05) is 47.1 Å². The number of oxime groups is 1. The number of carbonyl (C=O) groups excluding carboxylic acids is 1. The molecule has 3 aromatic rings. The molecule has 0 aromatic heterocycles. The lowest BCUT2D eigenvalue weighted by Gasteiger charge is -2.26. The van der Waals surface area contributed by atoms with Crippen molar-refractivity contribution in [3.8, 4) is 5.75 Å². The van der Waals surface area contributed by atoms with Gasteiger partial charge in [-0.25, -0.2) is 4.79 Å². The topological polar surface area (TPSA) is 100 Å². The molecule has 1 unspecified atom stereocenters. The van der Waals surface area contributed by atoms with Gasteiger partial charge in [0.2, 0.25) is 5.60 Å². The molecule has 1 spiro atoms. The summed E-state index contributed by atoms with van der Waals surface area (Å²) in [5.74, 6) is -0.670. The van der Waals surface area contributed by atoms with Crippen molar-refractivity contribution in [1.82, 2.24) is 0 Å². The highest BCUT2D eigenvalue weighted by atomic mass is 35.5. The quantitative estimate of drug-likeness (QED) is 0.260. The fourth-order valence-corrected chi connectivity index (χ4v) is 4.95. The Hall–Kier alpha value is -4.04. The molecule has 1 heterocycles. The number of halogens is 1. The first-order valence-corrected chi connectivity index (χ1v) is 13.1. The highest BCUT2D eigenvalue weighted by Gasteiger charge is 2.53. The van der Waals surface area contributed by atoms with Gasteiger partial charge in [-0.05, 0) is 68.1 Å². The number of fused-ring (bicyclic) bond motifs is 2. The number of hydrogen-bond donors (Lipinski definition) is 2. The van der Waals surface area contributed by atoms with Crippen LogP contribution in [0.2, 0.25) is 5.02 Å². The van der Waals surface area contributed by atoms with E-state index in [-0.39, 0.29) is 11.3 Å². The van der Waals surface area contributed by atoms with Crippen LogP contribution in [0.1, 0.15) is 49.4 Å². The van der Waals surface area contributed by atoms with Crippen LogP contribution in [0.5, 0.6) is 5.75 Å². The lowest BCUT2D eigenvalue weighted by Crippen LogP contribution is -2.38. The van der Waals surface area contributed by atoms with E-state index < -0.39 is 17.6 Å². The van der Waals surface area contributed by atoms with Crippen molar-refractivity contribution in [1.29, 1.82) is 0 Å². The molecule has 202 valence electrons. The normalized spacial score (nSPS) is 16.2. The standard InChI is InChI=1S/C30H30ClN3O5/c1-29(2,28(36)37)39-32-17-19-14-22(16-23(15-19)38-3)33-26(20-8-10-21(31)11-9-20)27(35)34-18-30(12-13-30)24-6-4-5-7-25(24)34/h4-11,14-17,26,33H,12-13,18H2,1-3H3,(H,36,37). The van der Waals surface area contributed by atoms with Gasteiger partial charge in [0.25, 0.3) is 5.91 Å². The number of carboxylic acids is 1. The zero-order chi connectivity index (χ0) is 27.8. The number of methoxy groups -OCH3 is 1. The summed E-state index contributed by atoms with van der Waals surface area (Å²) in [7, 11) is 1.54. The first kappa shape index (κ1) is 26.6. The third-order valence-electron chi connectivity index (χ3n) is 7.27. The summed E-state index contributed by atoms with van der Waals surface area (Å²) in [6.07, 6.45) is 3.56. The lowest BCUT2D eigenvalue weighted by molar-refractivity contribution is -0.161. The predicted octanol–water partition coefficient (Wildman–Crippen LogP) is 5.79. The number of ether oxygens (including phenoxy) is 1. The van der Waals surface area contributed by atoms with Crippen LogP contribution in [0.15, 0.2) is 71.9 Å². The minimum atomic E-state index is -1.48. The van der Waals surface area contributed by atoms with Crippen LogP contribution >= 0.6 is 11.6 Å². The molecular weight excluding hydrogens is 518 g/mol. The van der Waals surface area contributed by atoms with Crippen molar-refractivity contribution < 1.29 is 24.3 Å². The van der Waals surface area contributed by atoms with Gasteiger partial charge < -0.3 is 24.9 Å². The average molecular weight is 548 g/mol. The third-order valence-corrected chi connectivity index (χ3v) is 7.52. The van der Waals surface area contributed by atoms with Crippen LogP contribution < -0.4 is 15.0 Å². The number of aliphatic carboxylic acids is 1. The van der Waals surface area contributed by atoms with E-state index in [1.54, 1.807) is 37.4 Å². The van der Waals surface area contributed by atoms with Crippen molar-refractivity contribution in [3.63, 3.8) is 0 Å². The molecule has 1 saturated carbocycles. The Balaban J connectivity index is 1.46. The van der Waals surface area contributed by atoms with E-state index >= 15 is 0 Å². The van der Waals surface area contributed by atoms with Gasteiger partial charge in [-0.3, -0.25) is 4.79 Å². The Morgan fingerprint density at radius 2 is 1.85 bits per heavy atom. The minimum absolute atomic E-state index is 0.0557. The number of nitrogens with zero attached hydrogens (tertiary/aromatic N) is 2. The molecule has 9 heteroatoms. The smallest absolute Gasteiger partial charge is 0.350 e. The highest BCUT2D eigenvalue weighted by Crippen LogP contribution is 2.56. The van der Waals surface area contributed by atoms with Crippen LogP contribution in [-0.2, 0) is 19.8 Å². The minimum Gasteiger partial charge on any atom is -0.497 e. The van der Waals surface area contributed by atoms with Crippen molar-refractivity contribution in [2.75, 3.05) is 23.9 Å². The van der Waals surface area contributed by atoms with Gasteiger partial charge in [-0.15, -0.1) is 0 Å². The molecule has 0 radical (unpaired) electrons. The summed E-state index contributed by atoms with van der Waals surface area (Å²) < 4.78 is 5.48. The number of benzene rings is 3. The Morgan fingerprint density at radius 3 is 2.51 bits per heavy atom. The number of carboxylic acid groups (broad SMARTS) is 1. The molecule has 2 aliphatic rings. The van der Waals surface area contributed by atoms with E-state index in [1.807, 2.05) is 35.2 Å². The molecule has 0 bridgehead atoms. The van der Waals surface area contributed by atoms with E-state index in [2.05, 4.69) is 16.5 Å². The van der Waals surface area contributed by atoms with E-state index in [9.17, 15) is 14.7 Å². The number of para-hydroxylation sites is 1. The van der Waals surface area contributed by atoms with E-state index in [1.165, 1.54) is 25.6 Å². The molecule has 0 saturated heterocycles. The monoisotopic (exact) mass is 547 g/mol. The van der Waals surface area contributed by atoms with Crippen molar-refractivity contribution in [2.24, 2.45) is 5.16 Å². The van der Waals surface area contributed by atoms with Gasteiger partial charge >= 0.3 is 5.97 Å². The van der Waals surface area contributed by atoms with Crippen molar-refractivity contribution in [2.45, 2.75) is 43.7 Å². The van der Waals surface area contributed by atoms with Crippen molar-refractivity contribution in [3.05, 3.63) is 88.4 Å². The number of amides is 1. The van der Waals surface area contributed by atoms with Crippen LogP contribution in [0.3, 0.4) is 0 Å². The first-order chi connectivity index (χ1) is 18.6. The summed E-state index contributed by atoms with van der Waals surface area (Å²) in [6.45, 7) is 3.48. The number of rotatable bonds is 9. The van der Waals surface area contributed by atoms with Gasteiger partial charge in [0.05, 0.1) is 13.3 Å². The van der Waals surface area contributed by atoms with Crippen LogP contribution in [0, 0.1) is 0 Å². The Bertz CT molecular complexity index is 1430. The van der Waals surface area contributed by atoms with E-state index in [4.69, 9.17) is 21.2 Å². The second kappa shape index (κ2) is 10.3. The summed E-state index contributed by atoms with van der Waals surface area (Å²) in [6, 6.07) is 20.0. The van der Waals surface area contributed by atoms with Crippen molar-refractivity contribution >= 4 is 41.1 Å². The van der Waals surface area contributed by atoms with Gasteiger partial charge in [-0.2, -0.15) is 0 Å². The molecule has 3 aromatic carbocycles. The number of anilines is 2. The first-order valence-electron chi connectivity index (χ1n) is 12.7. The van der Waals surface area contributed by atoms with Gasteiger partial charge in [0.1, 0.15) is 11.8 Å². The zero-order valence-corrected chi connectivity index (χ0v) is 22.7.